The molecule has 5 heteroatoms. The van der Waals surface area contributed by atoms with Gasteiger partial charge in [-0.3, -0.25) is 0 Å². The Morgan fingerprint density at radius 2 is 1.95 bits per heavy atom. The van der Waals surface area contributed by atoms with Gasteiger partial charge < -0.3 is 4.74 Å². The van der Waals surface area contributed by atoms with Crippen molar-refractivity contribution in [3.05, 3.63) is 35.9 Å². The number of esters is 1. The molecule has 1 aromatic carbocycles. The second-order valence-electron chi connectivity index (χ2n) is 5.76. The zero-order valence-electron chi connectivity index (χ0n) is 10.8. The lowest BCUT2D eigenvalue weighted by Crippen LogP contribution is -2.41. The Morgan fingerprint density at radius 1 is 1.25 bits per heavy atom. The van der Waals surface area contributed by atoms with Crippen molar-refractivity contribution < 1.29 is 22.7 Å². The van der Waals surface area contributed by atoms with Crippen LogP contribution in [0.2, 0.25) is 0 Å². The first-order valence-electron chi connectivity index (χ1n) is 6.76. The third-order valence-corrected chi connectivity index (χ3v) is 4.54. The lowest BCUT2D eigenvalue weighted by molar-refractivity contribution is -0.214. The Kier molecular flexibility index (Phi) is 3.03. The fourth-order valence-electron chi connectivity index (χ4n) is 3.74. The van der Waals surface area contributed by atoms with Crippen LogP contribution in [-0.2, 0) is 9.53 Å². The quantitative estimate of drug-likeness (QED) is 0.772. The second-order valence-corrected chi connectivity index (χ2v) is 5.76. The molecule has 2 nitrogen and oxygen atoms in total. The van der Waals surface area contributed by atoms with E-state index in [2.05, 4.69) is 0 Å². The zero-order valence-corrected chi connectivity index (χ0v) is 10.8. The second kappa shape index (κ2) is 4.50. The minimum atomic E-state index is -4.92. The summed E-state index contributed by atoms with van der Waals surface area (Å²) in [6.45, 7) is 0. The predicted octanol–water partition coefficient (Wildman–Crippen LogP) is 3.82. The van der Waals surface area contributed by atoms with Crippen molar-refractivity contribution >= 4 is 5.97 Å². The highest BCUT2D eigenvalue weighted by Crippen LogP contribution is 2.58. The Balaban J connectivity index is 1.87. The summed E-state index contributed by atoms with van der Waals surface area (Å²) >= 11 is 0. The van der Waals surface area contributed by atoms with Crippen molar-refractivity contribution in [2.45, 2.75) is 43.4 Å². The first kappa shape index (κ1) is 13.5. The minimum Gasteiger partial charge on any atom is -0.452 e. The van der Waals surface area contributed by atoms with E-state index in [4.69, 9.17) is 4.74 Å². The minimum absolute atomic E-state index is 0.117. The van der Waals surface area contributed by atoms with Gasteiger partial charge in [0.2, 0.25) is 0 Å². The summed E-state index contributed by atoms with van der Waals surface area (Å²) in [5, 5.41) is 0. The van der Waals surface area contributed by atoms with Crippen LogP contribution in [0.4, 0.5) is 13.2 Å². The number of ether oxygens (including phenoxy) is 1. The number of carbonyl (C=O) groups is 1. The molecule has 2 aliphatic rings. The third kappa shape index (κ3) is 2.19. The summed E-state index contributed by atoms with van der Waals surface area (Å²) in [7, 11) is 0. The van der Waals surface area contributed by atoms with Gasteiger partial charge >= 0.3 is 12.1 Å². The molecule has 3 rings (SSSR count). The molecule has 0 N–H and O–H groups in total. The van der Waals surface area contributed by atoms with Crippen LogP contribution in [0.1, 0.15) is 37.2 Å². The molecule has 0 spiro atoms. The van der Waals surface area contributed by atoms with Crippen molar-refractivity contribution in [2.75, 3.05) is 0 Å². The van der Waals surface area contributed by atoms with Gasteiger partial charge in [-0.15, -0.1) is 0 Å². The first-order valence-corrected chi connectivity index (χ1v) is 6.76. The van der Waals surface area contributed by atoms with Crippen molar-refractivity contribution in [2.24, 2.45) is 5.92 Å². The summed E-state index contributed by atoms with van der Waals surface area (Å²) in [4.78, 5) is 11.2. The maximum absolute atomic E-state index is 12.5. The number of halogens is 3. The van der Waals surface area contributed by atoms with Crippen LogP contribution in [0.25, 0.3) is 0 Å². The van der Waals surface area contributed by atoms with Crippen LogP contribution >= 0.6 is 0 Å². The molecule has 2 bridgehead atoms. The number of alkyl halides is 3. The fourth-order valence-corrected chi connectivity index (χ4v) is 3.74. The molecule has 3 unspecified atom stereocenters. The van der Waals surface area contributed by atoms with Gasteiger partial charge in [-0.1, -0.05) is 30.3 Å². The normalized spacial score (nSPS) is 32.4. The van der Waals surface area contributed by atoms with Crippen molar-refractivity contribution in [3.63, 3.8) is 0 Å². The molecule has 3 atom stereocenters. The van der Waals surface area contributed by atoms with E-state index in [0.717, 1.165) is 18.4 Å². The average molecular weight is 284 g/mol. The van der Waals surface area contributed by atoms with E-state index in [1.165, 1.54) is 0 Å². The Bertz CT molecular complexity index is 512. The van der Waals surface area contributed by atoms with Crippen molar-refractivity contribution in [3.8, 4) is 0 Å². The van der Waals surface area contributed by atoms with Gasteiger partial charge in [-0.05, 0) is 37.2 Å². The van der Waals surface area contributed by atoms with Crippen LogP contribution in [-0.4, -0.2) is 17.7 Å². The number of fused-ring (bicyclic) bond motifs is 2. The third-order valence-electron chi connectivity index (χ3n) is 4.54. The molecule has 2 aliphatic carbocycles. The molecule has 1 aromatic rings. The maximum Gasteiger partial charge on any atom is 0.490 e. The van der Waals surface area contributed by atoms with Crippen LogP contribution in [0.3, 0.4) is 0 Å². The molecule has 0 saturated heterocycles. The Morgan fingerprint density at radius 3 is 2.55 bits per heavy atom. The molecular formula is C15H15F3O2. The van der Waals surface area contributed by atoms with Crippen LogP contribution < -0.4 is 0 Å². The predicted molar refractivity (Wildman–Crippen MR) is 66.0 cm³/mol. The summed E-state index contributed by atoms with van der Waals surface area (Å²) < 4.78 is 42.4. The Hall–Kier alpha value is -1.52. The maximum atomic E-state index is 12.5. The van der Waals surface area contributed by atoms with E-state index < -0.39 is 17.7 Å². The molecule has 0 radical (unpaired) electrons. The summed E-state index contributed by atoms with van der Waals surface area (Å²) in [6, 6.07) is 9.38. The first-order chi connectivity index (χ1) is 9.41. The van der Waals surface area contributed by atoms with E-state index in [9.17, 15) is 18.0 Å². The SMILES string of the molecule is O=C(OC12CCC(CC1c1ccccc1)C2)C(F)(F)F. The van der Waals surface area contributed by atoms with E-state index in [1.54, 1.807) is 0 Å². The molecule has 20 heavy (non-hydrogen) atoms. The monoisotopic (exact) mass is 284 g/mol. The van der Waals surface area contributed by atoms with Gasteiger partial charge in [-0.2, -0.15) is 13.2 Å². The lowest BCUT2D eigenvalue weighted by Gasteiger charge is -2.35. The number of hydrogen-bond acceptors (Lipinski definition) is 2. The van der Waals surface area contributed by atoms with Crippen LogP contribution in [0.15, 0.2) is 30.3 Å². The largest absolute Gasteiger partial charge is 0.490 e. The van der Waals surface area contributed by atoms with Gasteiger partial charge in [0, 0.05) is 5.92 Å². The van der Waals surface area contributed by atoms with Gasteiger partial charge in [0.25, 0.3) is 0 Å². The van der Waals surface area contributed by atoms with Gasteiger partial charge in [0.1, 0.15) is 5.60 Å². The molecule has 0 heterocycles. The highest BCUT2D eigenvalue weighted by Gasteiger charge is 2.57. The topological polar surface area (TPSA) is 26.3 Å². The van der Waals surface area contributed by atoms with Gasteiger partial charge in [-0.25, -0.2) is 4.79 Å². The standard InChI is InChI=1S/C15H15F3O2/c16-15(17,18)13(19)20-14-7-6-10(9-14)8-12(14)11-4-2-1-3-5-11/h1-5,10,12H,6-9H2. The van der Waals surface area contributed by atoms with E-state index >= 15 is 0 Å². The van der Waals surface area contributed by atoms with E-state index in [0.29, 0.717) is 18.8 Å². The number of benzene rings is 1. The molecule has 0 aliphatic heterocycles. The fraction of sp³-hybridized carbons (Fsp3) is 0.533. The molecule has 0 amide bonds. The highest BCUT2D eigenvalue weighted by atomic mass is 19.4. The highest BCUT2D eigenvalue weighted by molar-refractivity contribution is 5.76. The molecule has 2 saturated carbocycles. The van der Waals surface area contributed by atoms with Crippen molar-refractivity contribution in [1.82, 2.24) is 0 Å². The smallest absolute Gasteiger partial charge is 0.452 e. The van der Waals surface area contributed by atoms with Gasteiger partial charge in [0.05, 0.1) is 0 Å². The summed E-state index contributed by atoms with van der Waals surface area (Å²) in [5.74, 6) is -1.81. The number of carbonyl (C=O) groups excluding carboxylic acids is 1. The average Bonchev–Trinajstić information content (AvgIpc) is 2.96. The van der Waals surface area contributed by atoms with Crippen molar-refractivity contribution in [1.29, 1.82) is 0 Å². The summed E-state index contributed by atoms with van der Waals surface area (Å²) in [6.07, 6.45) is -2.20. The molecular weight excluding hydrogens is 269 g/mol. The molecule has 2 fully saturated rings. The van der Waals surface area contributed by atoms with E-state index in [-0.39, 0.29) is 5.92 Å². The number of rotatable bonds is 2. The van der Waals surface area contributed by atoms with Crippen LogP contribution in [0.5, 0.6) is 0 Å². The molecule has 0 aromatic heterocycles. The van der Waals surface area contributed by atoms with Gasteiger partial charge in [0.15, 0.2) is 0 Å². The Labute approximate surface area is 114 Å². The summed E-state index contributed by atoms with van der Waals surface area (Å²) in [5.41, 5.74) is 0.00296. The van der Waals surface area contributed by atoms with E-state index in [1.807, 2.05) is 30.3 Å². The lowest BCUT2D eigenvalue weighted by atomic mass is 9.80. The number of hydrogen-bond donors (Lipinski definition) is 0. The van der Waals surface area contributed by atoms with Crippen LogP contribution in [0, 0.1) is 5.92 Å². The zero-order chi connectivity index (χ0) is 14.4. The molecule has 108 valence electrons.